The van der Waals surface area contributed by atoms with Crippen LogP contribution in [0.3, 0.4) is 0 Å². The molecule has 0 fully saturated rings. The van der Waals surface area contributed by atoms with Gasteiger partial charge in [-0.3, -0.25) is 5.10 Å². The Morgan fingerprint density at radius 2 is 2.12 bits per heavy atom. The van der Waals surface area contributed by atoms with Crippen LogP contribution >= 0.6 is 0 Å². The minimum absolute atomic E-state index is 0.0763. The molecular weight excluding hydrogens is 226 g/mol. The van der Waals surface area contributed by atoms with Gasteiger partial charge in [-0.25, -0.2) is 13.1 Å². The van der Waals surface area contributed by atoms with Crippen molar-refractivity contribution in [2.45, 2.75) is 32.7 Å². The van der Waals surface area contributed by atoms with Crippen LogP contribution in [0, 0.1) is 11.3 Å². The lowest BCUT2D eigenvalue weighted by molar-refractivity contribution is 0.252. The van der Waals surface area contributed by atoms with Gasteiger partial charge in [-0.1, -0.05) is 27.7 Å². The quantitative estimate of drug-likeness (QED) is 0.822. The fraction of sp³-hybridized carbons (Fsp3) is 0.700. The third-order valence-electron chi connectivity index (χ3n) is 3.05. The summed E-state index contributed by atoms with van der Waals surface area (Å²) >= 11 is 0. The Bertz CT molecular complexity index is 421. The minimum Gasteiger partial charge on any atom is -0.266 e. The highest BCUT2D eigenvalue weighted by Crippen LogP contribution is 2.25. The molecule has 0 spiro atoms. The molecule has 1 rings (SSSR count). The summed E-state index contributed by atoms with van der Waals surface area (Å²) in [5.74, 6) is 0.400. The normalized spacial score (nSPS) is 13.3. The molecule has 92 valence electrons. The Labute approximate surface area is 96.7 Å². The monoisotopic (exact) mass is 245 g/mol. The van der Waals surface area contributed by atoms with Crippen LogP contribution in [0.15, 0.2) is 17.3 Å². The zero-order valence-corrected chi connectivity index (χ0v) is 10.9. The lowest BCUT2D eigenvalue weighted by atomic mass is 9.81. The summed E-state index contributed by atoms with van der Waals surface area (Å²) in [7, 11) is -3.45. The fourth-order valence-corrected chi connectivity index (χ4v) is 2.09. The molecule has 0 aliphatic rings. The van der Waals surface area contributed by atoms with Gasteiger partial charge in [0.1, 0.15) is 0 Å². The largest absolute Gasteiger partial charge is 0.266 e. The van der Waals surface area contributed by atoms with Crippen LogP contribution < -0.4 is 4.72 Å². The Kier molecular flexibility index (Phi) is 3.75. The molecule has 1 aromatic rings. The van der Waals surface area contributed by atoms with E-state index < -0.39 is 10.0 Å². The van der Waals surface area contributed by atoms with E-state index >= 15 is 0 Å². The van der Waals surface area contributed by atoms with Crippen LogP contribution in [-0.2, 0) is 10.0 Å². The van der Waals surface area contributed by atoms with Crippen molar-refractivity contribution < 1.29 is 8.42 Å². The number of nitrogens with zero attached hydrogens (tertiary/aromatic N) is 1. The molecule has 1 aromatic heterocycles. The smallest absolute Gasteiger partial charge is 0.257 e. The van der Waals surface area contributed by atoms with Crippen LogP contribution in [0.1, 0.15) is 27.7 Å². The predicted octanol–water partition coefficient (Wildman–Crippen LogP) is 1.37. The maximum absolute atomic E-state index is 11.8. The summed E-state index contributed by atoms with van der Waals surface area (Å²) in [5, 5.41) is 6.17. The number of aromatic amines is 1. The summed E-state index contributed by atoms with van der Waals surface area (Å²) in [5.41, 5.74) is -0.0763. The van der Waals surface area contributed by atoms with Gasteiger partial charge < -0.3 is 0 Å². The number of hydrogen-bond acceptors (Lipinski definition) is 3. The van der Waals surface area contributed by atoms with Crippen molar-refractivity contribution in [1.29, 1.82) is 0 Å². The van der Waals surface area contributed by atoms with Gasteiger partial charge in [0, 0.05) is 6.54 Å². The van der Waals surface area contributed by atoms with Gasteiger partial charge in [-0.15, -0.1) is 0 Å². The maximum Gasteiger partial charge on any atom is 0.257 e. The Hall–Kier alpha value is -0.880. The van der Waals surface area contributed by atoms with Crippen LogP contribution in [0.25, 0.3) is 0 Å². The minimum atomic E-state index is -3.45. The van der Waals surface area contributed by atoms with E-state index in [1.807, 2.05) is 13.8 Å². The van der Waals surface area contributed by atoms with Gasteiger partial charge in [-0.2, -0.15) is 5.10 Å². The van der Waals surface area contributed by atoms with E-state index in [0.29, 0.717) is 12.5 Å². The van der Waals surface area contributed by atoms with Gasteiger partial charge in [0.2, 0.25) is 0 Å². The Morgan fingerprint density at radius 3 is 2.56 bits per heavy atom. The lowest BCUT2D eigenvalue weighted by Crippen LogP contribution is -2.37. The molecule has 0 radical (unpaired) electrons. The van der Waals surface area contributed by atoms with Gasteiger partial charge in [0.25, 0.3) is 10.0 Å². The SMILES string of the molecule is CC(C)C(C)(C)CNS(=O)(=O)c1ccn[nH]1. The van der Waals surface area contributed by atoms with Crippen molar-refractivity contribution in [3.8, 4) is 0 Å². The second-order valence-corrected chi connectivity index (χ2v) is 6.62. The standard InChI is InChI=1S/C10H19N3O2S/c1-8(2)10(3,4)7-12-16(14,15)9-5-6-11-13-9/h5-6,8,12H,7H2,1-4H3,(H,11,13). The number of hydrogen-bond donors (Lipinski definition) is 2. The second-order valence-electron chi connectivity index (χ2n) is 4.89. The number of sulfonamides is 1. The highest BCUT2D eigenvalue weighted by Gasteiger charge is 2.25. The number of nitrogens with one attached hydrogen (secondary N) is 2. The predicted molar refractivity (Wildman–Crippen MR) is 62.4 cm³/mol. The molecule has 0 unspecified atom stereocenters. The number of H-pyrrole nitrogens is 1. The van der Waals surface area contributed by atoms with Crippen molar-refractivity contribution in [2.24, 2.45) is 11.3 Å². The fourth-order valence-electron chi connectivity index (χ4n) is 0.956. The molecule has 0 aliphatic heterocycles. The molecule has 0 saturated carbocycles. The van der Waals surface area contributed by atoms with Crippen molar-refractivity contribution >= 4 is 10.0 Å². The zero-order valence-electron chi connectivity index (χ0n) is 10.1. The summed E-state index contributed by atoms with van der Waals surface area (Å²) in [6.45, 7) is 8.63. The van der Waals surface area contributed by atoms with E-state index in [2.05, 4.69) is 28.8 Å². The van der Waals surface area contributed by atoms with E-state index in [1.165, 1.54) is 12.3 Å². The van der Waals surface area contributed by atoms with Gasteiger partial charge in [0.15, 0.2) is 5.03 Å². The highest BCUT2D eigenvalue weighted by molar-refractivity contribution is 7.89. The van der Waals surface area contributed by atoms with Gasteiger partial charge in [0.05, 0.1) is 6.20 Å². The average Bonchev–Trinajstić information content (AvgIpc) is 2.68. The molecular formula is C10H19N3O2S. The highest BCUT2D eigenvalue weighted by atomic mass is 32.2. The molecule has 1 heterocycles. The first-order valence-corrected chi connectivity index (χ1v) is 6.73. The van der Waals surface area contributed by atoms with Gasteiger partial charge >= 0.3 is 0 Å². The Balaban J connectivity index is 2.70. The van der Waals surface area contributed by atoms with Crippen LogP contribution in [0.5, 0.6) is 0 Å². The molecule has 0 aromatic carbocycles. The van der Waals surface area contributed by atoms with Crippen molar-refractivity contribution in [3.05, 3.63) is 12.3 Å². The van der Waals surface area contributed by atoms with Crippen LogP contribution in [-0.4, -0.2) is 25.2 Å². The lowest BCUT2D eigenvalue weighted by Gasteiger charge is -2.29. The van der Waals surface area contributed by atoms with E-state index in [1.54, 1.807) is 0 Å². The first-order chi connectivity index (χ1) is 7.26. The van der Waals surface area contributed by atoms with Crippen molar-refractivity contribution in [2.75, 3.05) is 6.54 Å². The van der Waals surface area contributed by atoms with Gasteiger partial charge in [-0.05, 0) is 17.4 Å². The van der Waals surface area contributed by atoms with Crippen LogP contribution in [0.2, 0.25) is 0 Å². The number of aromatic nitrogens is 2. The first-order valence-electron chi connectivity index (χ1n) is 5.25. The number of rotatable bonds is 5. The third-order valence-corrected chi connectivity index (χ3v) is 4.38. The average molecular weight is 245 g/mol. The maximum atomic E-state index is 11.8. The molecule has 0 aliphatic carbocycles. The first kappa shape index (κ1) is 13.2. The van der Waals surface area contributed by atoms with Crippen molar-refractivity contribution in [1.82, 2.24) is 14.9 Å². The molecule has 5 nitrogen and oxygen atoms in total. The molecule has 0 bridgehead atoms. The molecule has 0 saturated heterocycles. The molecule has 0 amide bonds. The van der Waals surface area contributed by atoms with E-state index in [9.17, 15) is 8.42 Å². The molecule has 6 heteroatoms. The summed E-state index contributed by atoms with van der Waals surface area (Å²) < 4.78 is 26.1. The summed E-state index contributed by atoms with van der Waals surface area (Å²) in [6.07, 6.45) is 1.42. The molecule has 2 N–H and O–H groups in total. The third kappa shape index (κ3) is 3.05. The Morgan fingerprint density at radius 1 is 1.50 bits per heavy atom. The van der Waals surface area contributed by atoms with Crippen LogP contribution in [0.4, 0.5) is 0 Å². The van der Waals surface area contributed by atoms with E-state index in [0.717, 1.165) is 0 Å². The van der Waals surface area contributed by atoms with E-state index in [4.69, 9.17) is 0 Å². The van der Waals surface area contributed by atoms with E-state index in [-0.39, 0.29) is 10.4 Å². The molecule has 0 atom stereocenters. The molecule has 16 heavy (non-hydrogen) atoms. The topological polar surface area (TPSA) is 74.8 Å². The zero-order chi connectivity index (χ0) is 12.4. The summed E-state index contributed by atoms with van der Waals surface area (Å²) in [6, 6.07) is 1.44. The van der Waals surface area contributed by atoms with Crippen molar-refractivity contribution in [3.63, 3.8) is 0 Å². The summed E-state index contributed by atoms with van der Waals surface area (Å²) in [4.78, 5) is 0. The second kappa shape index (κ2) is 4.55.